The maximum absolute atomic E-state index is 3.55. The lowest BCUT2D eigenvalue weighted by molar-refractivity contribution is 0.252. The Balaban J connectivity index is 2.26. The van der Waals surface area contributed by atoms with Gasteiger partial charge in [0.05, 0.1) is 0 Å². The molecule has 0 aliphatic carbocycles. The predicted octanol–water partition coefficient (Wildman–Crippen LogP) is 0.945. The Labute approximate surface area is 120 Å². The van der Waals surface area contributed by atoms with E-state index in [2.05, 4.69) is 41.2 Å². The van der Waals surface area contributed by atoms with Gasteiger partial charge in [-0.2, -0.15) is 0 Å². The van der Waals surface area contributed by atoms with Gasteiger partial charge in [-0.15, -0.1) is 0 Å². The average molecular weight is 270 g/mol. The van der Waals surface area contributed by atoms with Crippen LogP contribution in [-0.4, -0.2) is 88.2 Å². The third-order valence-electron chi connectivity index (χ3n) is 3.95. The Morgan fingerprint density at radius 2 is 0.842 bits per heavy atom. The van der Waals surface area contributed by atoms with E-state index < -0.39 is 0 Å². The third kappa shape index (κ3) is 9.38. The standard InChI is InChI=1S/C15H34N4/c1-17-10-4-8-16-9-5-11-18(2)13-7-15-19(3)14-6-12-17/h16H,4-15H2,1-3H3. The molecule has 4 nitrogen and oxygen atoms in total. The zero-order valence-electron chi connectivity index (χ0n) is 13.3. The summed E-state index contributed by atoms with van der Waals surface area (Å²) < 4.78 is 0. The van der Waals surface area contributed by atoms with Gasteiger partial charge in [0, 0.05) is 0 Å². The summed E-state index contributed by atoms with van der Waals surface area (Å²) >= 11 is 0. The van der Waals surface area contributed by atoms with E-state index in [4.69, 9.17) is 0 Å². The lowest BCUT2D eigenvalue weighted by atomic mass is 10.3. The second kappa shape index (κ2) is 10.6. The highest BCUT2D eigenvalue weighted by Crippen LogP contribution is 1.97. The maximum Gasteiger partial charge on any atom is -0.000959 e. The average Bonchev–Trinajstić information content (AvgIpc) is 2.36. The van der Waals surface area contributed by atoms with Gasteiger partial charge in [-0.05, 0) is 99.2 Å². The maximum atomic E-state index is 3.55. The molecule has 114 valence electrons. The molecule has 1 aliphatic rings. The largest absolute Gasteiger partial charge is 0.317 e. The SMILES string of the molecule is CN1CCCNCCCN(C)CCCN(C)CCC1. The van der Waals surface area contributed by atoms with Crippen molar-refractivity contribution in [1.29, 1.82) is 0 Å². The number of nitrogens with one attached hydrogen (secondary N) is 1. The van der Waals surface area contributed by atoms with Gasteiger partial charge in [-0.3, -0.25) is 0 Å². The molecule has 0 aromatic rings. The van der Waals surface area contributed by atoms with Crippen LogP contribution in [0.4, 0.5) is 0 Å². The molecule has 0 aromatic heterocycles. The highest BCUT2D eigenvalue weighted by atomic mass is 15.1. The fourth-order valence-corrected chi connectivity index (χ4v) is 2.63. The molecule has 0 saturated carbocycles. The topological polar surface area (TPSA) is 21.8 Å². The molecular formula is C15H34N4. The van der Waals surface area contributed by atoms with E-state index in [0.29, 0.717) is 0 Å². The molecule has 0 aromatic carbocycles. The Bertz CT molecular complexity index is 190. The molecule has 0 bridgehead atoms. The van der Waals surface area contributed by atoms with Crippen molar-refractivity contribution < 1.29 is 0 Å². The highest BCUT2D eigenvalue weighted by Gasteiger charge is 2.04. The first-order valence-corrected chi connectivity index (χ1v) is 7.95. The van der Waals surface area contributed by atoms with Gasteiger partial charge in [0.25, 0.3) is 0 Å². The van der Waals surface area contributed by atoms with Gasteiger partial charge in [0.1, 0.15) is 0 Å². The van der Waals surface area contributed by atoms with Crippen LogP contribution in [0.2, 0.25) is 0 Å². The molecule has 0 atom stereocenters. The molecule has 1 N–H and O–H groups in total. The minimum Gasteiger partial charge on any atom is -0.317 e. The van der Waals surface area contributed by atoms with Crippen LogP contribution in [0.15, 0.2) is 0 Å². The zero-order chi connectivity index (χ0) is 13.9. The molecular weight excluding hydrogens is 236 g/mol. The molecule has 0 radical (unpaired) electrons. The first kappa shape index (κ1) is 16.9. The fourth-order valence-electron chi connectivity index (χ4n) is 2.63. The van der Waals surface area contributed by atoms with E-state index in [1.165, 1.54) is 65.0 Å². The van der Waals surface area contributed by atoms with Gasteiger partial charge < -0.3 is 20.0 Å². The summed E-state index contributed by atoms with van der Waals surface area (Å²) in [6.45, 7) is 9.67. The van der Waals surface area contributed by atoms with E-state index in [1.807, 2.05) is 0 Å². The fraction of sp³-hybridized carbons (Fsp3) is 1.00. The lowest BCUT2D eigenvalue weighted by Crippen LogP contribution is -2.31. The molecule has 1 aliphatic heterocycles. The summed E-state index contributed by atoms with van der Waals surface area (Å²) in [4.78, 5) is 7.42. The van der Waals surface area contributed by atoms with Crippen LogP contribution in [0.1, 0.15) is 25.7 Å². The molecule has 19 heavy (non-hydrogen) atoms. The number of hydrogen-bond donors (Lipinski definition) is 1. The highest BCUT2D eigenvalue weighted by molar-refractivity contribution is 4.61. The third-order valence-corrected chi connectivity index (χ3v) is 3.95. The van der Waals surface area contributed by atoms with Gasteiger partial charge in [0.2, 0.25) is 0 Å². The summed E-state index contributed by atoms with van der Waals surface area (Å²) in [5, 5.41) is 3.55. The van der Waals surface area contributed by atoms with E-state index in [-0.39, 0.29) is 0 Å². The van der Waals surface area contributed by atoms with Crippen molar-refractivity contribution in [2.45, 2.75) is 25.7 Å². The van der Waals surface area contributed by atoms with Crippen LogP contribution >= 0.6 is 0 Å². The monoisotopic (exact) mass is 270 g/mol. The van der Waals surface area contributed by atoms with Crippen molar-refractivity contribution in [2.24, 2.45) is 0 Å². The summed E-state index contributed by atoms with van der Waals surface area (Å²) in [7, 11) is 6.75. The Morgan fingerprint density at radius 3 is 1.21 bits per heavy atom. The second-order valence-corrected chi connectivity index (χ2v) is 6.07. The smallest absolute Gasteiger partial charge is 0.000959 e. The van der Waals surface area contributed by atoms with Crippen molar-refractivity contribution in [3.8, 4) is 0 Å². The molecule has 0 spiro atoms. The molecule has 0 amide bonds. The lowest BCUT2D eigenvalue weighted by Gasteiger charge is -2.22. The summed E-state index contributed by atoms with van der Waals surface area (Å²) in [6.07, 6.45) is 5.11. The number of nitrogens with zero attached hydrogens (tertiary/aromatic N) is 3. The summed E-state index contributed by atoms with van der Waals surface area (Å²) in [5.41, 5.74) is 0. The summed E-state index contributed by atoms with van der Waals surface area (Å²) in [5.74, 6) is 0. The second-order valence-electron chi connectivity index (χ2n) is 6.07. The van der Waals surface area contributed by atoms with E-state index in [1.54, 1.807) is 0 Å². The Hall–Kier alpha value is -0.160. The molecule has 1 saturated heterocycles. The van der Waals surface area contributed by atoms with Gasteiger partial charge in [-0.1, -0.05) is 0 Å². The number of rotatable bonds is 0. The first-order valence-electron chi connectivity index (χ1n) is 7.95. The van der Waals surface area contributed by atoms with E-state index in [9.17, 15) is 0 Å². The van der Waals surface area contributed by atoms with Crippen LogP contribution in [0, 0.1) is 0 Å². The summed E-state index contributed by atoms with van der Waals surface area (Å²) in [6, 6.07) is 0. The van der Waals surface area contributed by atoms with Gasteiger partial charge in [-0.25, -0.2) is 0 Å². The minimum atomic E-state index is 1.16. The molecule has 1 rings (SSSR count). The van der Waals surface area contributed by atoms with Crippen LogP contribution < -0.4 is 5.32 Å². The van der Waals surface area contributed by atoms with Crippen LogP contribution in [0.5, 0.6) is 0 Å². The normalized spacial score (nSPS) is 25.4. The molecule has 1 heterocycles. The first-order chi connectivity index (χ1) is 9.18. The van der Waals surface area contributed by atoms with Crippen LogP contribution in [0.25, 0.3) is 0 Å². The van der Waals surface area contributed by atoms with E-state index in [0.717, 1.165) is 13.1 Å². The minimum absolute atomic E-state index is 1.16. The van der Waals surface area contributed by atoms with Crippen molar-refractivity contribution in [3.05, 3.63) is 0 Å². The van der Waals surface area contributed by atoms with Crippen LogP contribution in [-0.2, 0) is 0 Å². The zero-order valence-corrected chi connectivity index (χ0v) is 13.3. The van der Waals surface area contributed by atoms with Crippen molar-refractivity contribution >= 4 is 0 Å². The van der Waals surface area contributed by atoms with E-state index >= 15 is 0 Å². The molecule has 4 heteroatoms. The Morgan fingerprint density at radius 1 is 0.526 bits per heavy atom. The van der Waals surface area contributed by atoms with Gasteiger partial charge in [0.15, 0.2) is 0 Å². The van der Waals surface area contributed by atoms with Crippen molar-refractivity contribution in [2.75, 3.05) is 73.5 Å². The molecule has 0 unspecified atom stereocenters. The Kier molecular flexibility index (Phi) is 9.43. The van der Waals surface area contributed by atoms with Crippen molar-refractivity contribution in [1.82, 2.24) is 20.0 Å². The van der Waals surface area contributed by atoms with Crippen molar-refractivity contribution in [3.63, 3.8) is 0 Å². The number of hydrogen-bond acceptors (Lipinski definition) is 4. The van der Waals surface area contributed by atoms with Crippen LogP contribution in [0.3, 0.4) is 0 Å². The predicted molar refractivity (Wildman–Crippen MR) is 83.8 cm³/mol. The molecule has 1 fully saturated rings. The van der Waals surface area contributed by atoms with Gasteiger partial charge >= 0.3 is 0 Å². The quantitative estimate of drug-likeness (QED) is 0.707.